The molecule has 1 fully saturated rings. The number of amides is 1. The highest BCUT2D eigenvalue weighted by atomic mass is 16.5. The molecule has 5 rings (SSSR count). The Morgan fingerprint density at radius 2 is 1.85 bits per heavy atom. The molecular weight excluding hydrogens is 420 g/mol. The van der Waals surface area contributed by atoms with Crippen LogP contribution in [0.1, 0.15) is 16.8 Å². The van der Waals surface area contributed by atoms with Gasteiger partial charge in [0.15, 0.2) is 0 Å². The summed E-state index contributed by atoms with van der Waals surface area (Å²) in [6.07, 6.45) is 3.97. The number of aromatic nitrogens is 3. The molecule has 1 saturated heterocycles. The molecule has 33 heavy (non-hydrogen) atoms. The molecule has 166 valence electrons. The van der Waals surface area contributed by atoms with Crippen LogP contribution in [0.5, 0.6) is 11.5 Å². The van der Waals surface area contributed by atoms with Crippen molar-refractivity contribution < 1.29 is 18.8 Å². The van der Waals surface area contributed by atoms with Gasteiger partial charge in [-0.1, -0.05) is 17.3 Å². The highest BCUT2D eigenvalue weighted by Crippen LogP contribution is 2.32. The molecule has 8 heteroatoms. The molecule has 0 spiro atoms. The Hall–Kier alpha value is -4.20. The lowest BCUT2D eigenvalue weighted by Crippen LogP contribution is -2.30. The van der Waals surface area contributed by atoms with Crippen LogP contribution in [0.3, 0.4) is 0 Å². The van der Waals surface area contributed by atoms with E-state index in [1.54, 1.807) is 43.8 Å². The van der Waals surface area contributed by atoms with Gasteiger partial charge in [0.25, 0.3) is 11.8 Å². The number of methoxy groups -OCH3 is 1. The van der Waals surface area contributed by atoms with E-state index in [9.17, 15) is 4.79 Å². The first-order valence-electron chi connectivity index (χ1n) is 10.6. The minimum atomic E-state index is -0.129. The Labute approximate surface area is 190 Å². The number of likely N-dealkylation sites (tertiary alicyclic amines) is 1. The zero-order chi connectivity index (χ0) is 22.6. The van der Waals surface area contributed by atoms with Crippen LogP contribution in [0.25, 0.3) is 22.8 Å². The topological polar surface area (TPSA) is 90.6 Å². The van der Waals surface area contributed by atoms with Crippen molar-refractivity contribution in [3.8, 4) is 34.3 Å². The first kappa shape index (κ1) is 20.7. The normalized spacial score (nSPS) is 15.4. The summed E-state index contributed by atoms with van der Waals surface area (Å²) in [4.78, 5) is 23.2. The molecule has 0 aliphatic carbocycles. The fourth-order valence-electron chi connectivity index (χ4n) is 3.80. The summed E-state index contributed by atoms with van der Waals surface area (Å²) in [6.45, 7) is 1.13. The van der Waals surface area contributed by atoms with E-state index in [2.05, 4.69) is 15.1 Å². The van der Waals surface area contributed by atoms with Gasteiger partial charge in [-0.2, -0.15) is 4.98 Å². The van der Waals surface area contributed by atoms with Crippen LogP contribution in [0, 0.1) is 0 Å². The lowest BCUT2D eigenvalue weighted by Gasteiger charge is -2.18. The summed E-state index contributed by atoms with van der Waals surface area (Å²) in [5.41, 5.74) is 2.17. The Morgan fingerprint density at radius 3 is 2.64 bits per heavy atom. The Balaban J connectivity index is 1.29. The van der Waals surface area contributed by atoms with E-state index in [-0.39, 0.29) is 12.0 Å². The highest BCUT2D eigenvalue weighted by Gasteiger charge is 2.29. The third kappa shape index (κ3) is 4.41. The van der Waals surface area contributed by atoms with Gasteiger partial charge in [-0.25, -0.2) is 0 Å². The monoisotopic (exact) mass is 442 g/mol. The van der Waals surface area contributed by atoms with Crippen molar-refractivity contribution in [3.63, 3.8) is 0 Å². The number of carbonyl (C=O) groups is 1. The smallest absolute Gasteiger partial charge is 0.262 e. The van der Waals surface area contributed by atoms with E-state index in [0.29, 0.717) is 41.7 Å². The maximum absolute atomic E-state index is 12.9. The van der Waals surface area contributed by atoms with Gasteiger partial charge in [0.05, 0.1) is 19.2 Å². The third-order valence-electron chi connectivity index (χ3n) is 5.54. The number of para-hydroxylation sites is 1. The molecule has 1 aliphatic rings. The molecule has 1 amide bonds. The summed E-state index contributed by atoms with van der Waals surface area (Å²) in [7, 11) is 1.60. The van der Waals surface area contributed by atoms with E-state index in [1.165, 1.54) is 0 Å². The molecule has 0 bridgehead atoms. The average molecular weight is 442 g/mol. The summed E-state index contributed by atoms with van der Waals surface area (Å²) in [6, 6.07) is 18.3. The lowest BCUT2D eigenvalue weighted by atomic mass is 10.2. The molecule has 3 heterocycles. The van der Waals surface area contributed by atoms with Crippen LogP contribution < -0.4 is 9.47 Å². The molecule has 1 aliphatic heterocycles. The first-order valence-corrected chi connectivity index (χ1v) is 10.6. The largest absolute Gasteiger partial charge is 0.497 e. The molecular formula is C25H22N4O4. The van der Waals surface area contributed by atoms with Crippen molar-refractivity contribution in [1.29, 1.82) is 0 Å². The van der Waals surface area contributed by atoms with Gasteiger partial charge in [0, 0.05) is 36.5 Å². The molecule has 1 unspecified atom stereocenters. The number of hydrogen-bond donors (Lipinski definition) is 0. The predicted molar refractivity (Wildman–Crippen MR) is 121 cm³/mol. The van der Waals surface area contributed by atoms with Crippen molar-refractivity contribution in [2.24, 2.45) is 0 Å². The molecule has 0 saturated carbocycles. The zero-order valence-electron chi connectivity index (χ0n) is 18.0. The van der Waals surface area contributed by atoms with Crippen molar-refractivity contribution in [2.75, 3.05) is 20.2 Å². The van der Waals surface area contributed by atoms with Crippen LogP contribution in [0.4, 0.5) is 0 Å². The number of ether oxygens (including phenoxy) is 2. The van der Waals surface area contributed by atoms with Crippen molar-refractivity contribution in [3.05, 3.63) is 78.6 Å². The van der Waals surface area contributed by atoms with Crippen molar-refractivity contribution in [2.45, 2.75) is 12.5 Å². The van der Waals surface area contributed by atoms with Crippen LogP contribution in [0.2, 0.25) is 0 Å². The summed E-state index contributed by atoms with van der Waals surface area (Å²) in [5.74, 6) is 2.21. The van der Waals surface area contributed by atoms with Crippen LogP contribution in [-0.2, 0) is 0 Å². The van der Waals surface area contributed by atoms with Crippen LogP contribution >= 0.6 is 0 Å². The van der Waals surface area contributed by atoms with E-state index < -0.39 is 0 Å². The Morgan fingerprint density at radius 1 is 1.06 bits per heavy atom. The van der Waals surface area contributed by atoms with Gasteiger partial charge in [-0.15, -0.1) is 0 Å². The molecule has 4 aromatic rings. The van der Waals surface area contributed by atoms with Crippen LogP contribution in [0.15, 0.2) is 77.6 Å². The number of nitrogens with zero attached hydrogens (tertiary/aromatic N) is 4. The number of hydrogen-bond acceptors (Lipinski definition) is 7. The Bertz CT molecular complexity index is 1240. The van der Waals surface area contributed by atoms with E-state index >= 15 is 0 Å². The number of rotatable bonds is 6. The minimum absolute atomic E-state index is 0.0177. The zero-order valence-corrected chi connectivity index (χ0v) is 18.0. The second kappa shape index (κ2) is 9.12. The van der Waals surface area contributed by atoms with Gasteiger partial charge in [0.2, 0.25) is 5.82 Å². The molecule has 2 aromatic carbocycles. The molecule has 0 N–H and O–H groups in total. The molecule has 8 nitrogen and oxygen atoms in total. The van der Waals surface area contributed by atoms with Gasteiger partial charge in [0.1, 0.15) is 17.6 Å². The van der Waals surface area contributed by atoms with E-state index in [0.717, 1.165) is 17.7 Å². The summed E-state index contributed by atoms with van der Waals surface area (Å²) >= 11 is 0. The quantitative estimate of drug-likeness (QED) is 0.444. The average Bonchev–Trinajstić information content (AvgIpc) is 3.55. The van der Waals surface area contributed by atoms with Crippen LogP contribution in [-0.4, -0.2) is 52.2 Å². The van der Waals surface area contributed by atoms with Crippen molar-refractivity contribution in [1.82, 2.24) is 20.0 Å². The maximum atomic E-state index is 12.9. The minimum Gasteiger partial charge on any atom is -0.497 e. The Kier molecular flexibility index (Phi) is 5.72. The van der Waals surface area contributed by atoms with Gasteiger partial charge in [-0.05, 0) is 48.5 Å². The summed E-state index contributed by atoms with van der Waals surface area (Å²) in [5, 5.41) is 4.09. The first-order chi connectivity index (χ1) is 16.2. The standard InChI is InChI=1S/C25H22N4O4/c1-31-19-8-6-18(7-9-19)25(30)29-15-12-20(16-29)32-22-5-3-2-4-21(22)24-27-23(28-33-24)17-10-13-26-14-11-17/h2-11,13-14,20H,12,15-16H2,1H3. The maximum Gasteiger partial charge on any atom is 0.262 e. The summed E-state index contributed by atoms with van der Waals surface area (Å²) < 4.78 is 17.0. The molecule has 0 radical (unpaired) electrons. The second-order valence-electron chi connectivity index (χ2n) is 7.66. The predicted octanol–water partition coefficient (Wildman–Crippen LogP) is 4.10. The SMILES string of the molecule is COc1ccc(C(=O)N2CCC(Oc3ccccc3-c3nc(-c4ccncc4)no3)C2)cc1. The highest BCUT2D eigenvalue weighted by molar-refractivity contribution is 5.94. The third-order valence-corrected chi connectivity index (χ3v) is 5.54. The second-order valence-corrected chi connectivity index (χ2v) is 7.66. The number of carbonyl (C=O) groups excluding carboxylic acids is 1. The van der Waals surface area contributed by atoms with Gasteiger partial charge in [-0.3, -0.25) is 9.78 Å². The fourth-order valence-corrected chi connectivity index (χ4v) is 3.80. The lowest BCUT2D eigenvalue weighted by molar-refractivity contribution is 0.0772. The van der Waals surface area contributed by atoms with Gasteiger partial charge >= 0.3 is 0 Å². The number of benzene rings is 2. The van der Waals surface area contributed by atoms with E-state index in [1.807, 2.05) is 41.3 Å². The molecule has 1 atom stereocenters. The number of pyridine rings is 1. The fraction of sp³-hybridized carbons (Fsp3) is 0.200. The van der Waals surface area contributed by atoms with E-state index in [4.69, 9.17) is 14.0 Å². The van der Waals surface area contributed by atoms with Gasteiger partial charge < -0.3 is 18.9 Å². The molecule has 2 aromatic heterocycles. The van der Waals surface area contributed by atoms with Crippen molar-refractivity contribution >= 4 is 5.91 Å².